The van der Waals surface area contributed by atoms with Crippen LogP contribution >= 0.6 is 0 Å². The van der Waals surface area contributed by atoms with Gasteiger partial charge in [0.05, 0.1) is 10.5 Å². The van der Waals surface area contributed by atoms with Crippen LogP contribution in [0.4, 0.5) is 5.69 Å². The molecule has 0 aromatic heterocycles. The Morgan fingerprint density at radius 1 is 1.08 bits per heavy atom. The van der Waals surface area contributed by atoms with Crippen LogP contribution in [0.2, 0.25) is 0 Å². The largest absolute Gasteiger partial charge is 0.452 e. The minimum Gasteiger partial charge on any atom is -0.452 e. The average Bonchev–Trinajstić information content (AvgIpc) is 3.10. The Morgan fingerprint density at radius 2 is 1.81 bits per heavy atom. The van der Waals surface area contributed by atoms with Crippen LogP contribution in [-0.2, 0) is 26.0 Å². The number of benzene rings is 2. The fourth-order valence-corrected chi connectivity index (χ4v) is 7.27. The molecule has 1 aliphatic heterocycles. The topological polar surface area (TPSA) is 92.8 Å². The van der Waals surface area contributed by atoms with Gasteiger partial charge >= 0.3 is 5.97 Å². The Bertz CT molecular complexity index is 1260. The minimum absolute atomic E-state index is 0.0492. The number of esters is 1. The summed E-state index contributed by atoms with van der Waals surface area (Å²) in [5, 5.41) is 0. The molecule has 1 aliphatic carbocycles. The van der Waals surface area contributed by atoms with E-state index in [0.717, 1.165) is 44.1 Å². The van der Waals surface area contributed by atoms with E-state index in [1.54, 1.807) is 12.1 Å². The molecule has 37 heavy (non-hydrogen) atoms. The molecule has 2 fully saturated rings. The van der Waals surface area contributed by atoms with E-state index in [0.29, 0.717) is 12.2 Å². The summed E-state index contributed by atoms with van der Waals surface area (Å²) in [6.45, 7) is 9.15. The molecule has 8 heteroatoms. The van der Waals surface area contributed by atoms with Crippen molar-refractivity contribution in [2.45, 2.75) is 77.2 Å². The summed E-state index contributed by atoms with van der Waals surface area (Å²) in [5.41, 5.74) is 1.96. The third-order valence-electron chi connectivity index (χ3n) is 7.47. The molecule has 2 unspecified atom stereocenters. The van der Waals surface area contributed by atoms with Crippen molar-refractivity contribution in [3.8, 4) is 0 Å². The zero-order chi connectivity index (χ0) is 26.8. The molecule has 1 saturated carbocycles. The lowest BCUT2D eigenvalue weighted by Gasteiger charge is -2.39. The van der Waals surface area contributed by atoms with E-state index in [4.69, 9.17) is 4.74 Å². The first kappa shape index (κ1) is 27.2. The Morgan fingerprint density at radius 3 is 2.51 bits per heavy atom. The van der Waals surface area contributed by atoms with Crippen molar-refractivity contribution < 1.29 is 22.7 Å². The van der Waals surface area contributed by atoms with Crippen molar-refractivity contribution in [3.05, 3.63) is 59.7 Å². The molecule has 4 rings (SSSR count). The van der Waals surface area contributed by atoms with Crippen molar-refractivity contribution in [2.24, 2.45) is 10.8 Å². The second kappa shape index (κ2) is 10.5. The highest BCUT2D eigenvalue weighted by Crippen LogP contribution is 2.52. The number of rotatable bonds is 9. The molecule has 2 aromatic carbocycles. The van der Waals surface area contributed by atoms with Gasteiger partial charge in [0.25, 0.3) is 15.9 Å². The summed E-state index contributed by atoms with van der Waals surface area (Å²) in [5.74, 6) is -0.924. The lowest BCUT2D eigenvalue weighted by Crippen LogP contribution is -2.39. The fourth-order valence-electron chi connectivity index (χ4n) is 6.17. The quantitative estimate of drug-likeness (QED) is 0.441. The highest BCUT2D eigenvalue weighted by atomic mass is 32.2. The number of carbonyl (C=O) groups excluding carboxylic acids is 2. The highest BCUT2D eigenvalue weighted by Gasteiger charge is 2.50. The van der Waals surface area contributed by atoms with Crippen LogP contribution in [0.3, 0.4) is 0 Å². The zero-order valence-electron chi connectivity index (χ0n) is 22.2. The maximum absolute atomic E-state index is 12.9. The number of nitrogens with zero attached hydrogens (tertiary/aromatic N) is 1. The molecule has 2 aromatic rings. The van der Waals surface area contributed by atoms with Gasteiger partial charge in [0, 0.05) is 18.3 Å². The van der Waals surface area contributed by atoms with Gasteiger partial charge in [-0.1, -0.05) is 52.3 Å². The number of hydrogen-bond donors (Lipinski definition) is 1. The minimum atomic E-state index is -3.90. The van der Waals surface area contributed by atoms with Crippen molar-refractivity contribution in [3.63, 3.8) is 0 Å². The summed E-state index contributed by atoms with van der Waals surface area (Å²) in [7, 11) is -3.90. The van der Waals surface area contributed by atoms with Gasteiger partial charge < -0.3 is 9.64 Å². The Kier molecular flexibility index (Phi) is 7.70. The number of amides is 1. The second-order valence-electron chi connectivity index (χ2n) is 11.7. The Hall–Kier alpha value is -2.87. The number of carbonyl (C=O) groups is 2. The maximum atomic E-state index is 12.9. The third-order valence-corrected chi connectivity index (χ3v) is 8.85. The molecule has 1 heterocycles. The summed E-state index contributed by atoms with van der Waals surface area (Å²) in [6, 6.07) is 13.1. The summed E-state index contributed by atoms with van der Waals surface area (Å²) in [6.07, 6.45) is 6.11. The van der Waals surface area contributed by atoms with E-state index in [1.165, 1.54) is 24.3 Å². The molecule has 7 nitrogen and oxygen atoms in total. The molecule has 2 atom stereocenters. The van der Waals surface area contributed by atoms with Crippen LogP contribution in [0.25, 0.3) is 0 Å². The molecular formula is C29H38N2O5S. The van der Waals surface area contributed by atoms with Gasteiger partial charge in [0.15, 0.2) is 6.61 Å². The fraction of sp³-hybridized carbons (Fsp3) is 0.517. The summed E-state index contributed by atoms with van der Waals surface area (Å²) >= 11 is 0. The van der Waals surface area contributed by atoms with E-state index < -0.39 is 16.0 Å². The van der Waals surface area contributed by atoms with E-state index in [9.17, 15) is 18.0 Å². The van der Waals surface area contributed by atoms with Gasteiger partial charge in [-0.2, -0.15) is 0 Å². The summed E-state index contributed by atoms with van der Waals surface area (Å²) < 4.78 is 33.8. The first-order valence-electron chi connectivity index (χ1n) is 13.1. The molecular weight excluding hydrogens is 488 g/mol. The van der Waals surface area contributed by atoms with E-state index in [2.05, 4.69) is 32.4 Å². The van der Waals surface area contributed by atoms with Gasteiger partial charge in [0.1, 0.15) is 0 Å². The molecule has 200 valence electrons. The first-order valence-corrected chi connectivity index (χ1v) is 14.6. The van der Waals surface area contributed by atoms with Crippen molar-refractivity contribution in [1.29, 1.82) is 0 Å². The molecule has 1 saturated heterocycles. The van der Waals surface area contributed by atoms with Crippen LogP contribution in [-0.4, -0.2) is 44.4 Å². The number of anilines is 1. The molecule has 1 N–H and O–H groups in total. The number of sulfonamides is 1. The van der Waals surface area contributed by atoms with Gasteiger partial charge in [-0.25, -0.2) is 13.2 Å². The van der Waals surface area contributed by atoms with Gasteiger partial charge in [0.2, 0.25) is 0 Å². The molecule has 0 radical (unpaired) electrons. The number of hydrogen-bond acceptors (Lipinski definition) is 5. The predicted octanol–water partition coefficient (Wildman–Crippen LogP) is 5.41. The lowest BCUT2D eigenvalue weighted by atomic mass is 9.65. The van der Waals surface area contributed by atoms with Crippen LogP contribution < -0.4 is 4.72 Å². The van der Waals surface area contributed by atoms with E-state index in [-0.39, 0.29) is 39.8 Å². The number of nitrogens with one attached hydrogen (secondary N) is 1. The van der Waals surface area contributed by atoms with Gasteiger partial charge in [-0.05, 0) is 78.8 Å². The number of unbranched alkanes of at least 4 members (excludes halogenated alkanes) is 1. The first-order chi connectivity index (χ1) is 17.4. The van der Waals surface area contributed by atoms with E-state index in [1.807, 2.05) is 17.0 Å². The maximum Gasteiger partial charge on any atom is 0.338 e. The van der Waals surface area contributed by atoms with Gasteiger partial charge in [-0.3, -0.25) is 9.52 Å². The molecule has 2 aliphatic rings. The number of likely N-dealkylation sites (tertiary alicyclic amines) is 1. The van der Waals surface area contributed by atoms with Gasteiger partial charge in [-0.15, -0.1) is 0 Å². The third kappa shape index (κ3) is 6.53. The Balaban J connectivity index is 1.37. The molecule has 0 spiro atoms. The van der Waals surface area contributed by atoms with Crippen LogP contribution in [0.1, 0.15) is 75.7 Å². The van der Waals surface area contributed by atoms with Crippen molar-refractivity contribution in [2.75, 3.05) is 17.9 Å². The number of fused-ring (bicyclic) bond motifs is 2. The van der Waals surface area contributed by atoms with Crippen LogP contribution in [0, 0.1) is 10.8 Å². The van der Waals surface area contributed by atoms with Crippen LogP contribution in [0.5, 0.6) is 0 Å². The summed E-state index contributed by atoms with van der Waals surface area (Å²) in [4.78, 5) is 27.5. The Labute approximate surface area is 220 Å². The van der Waals surface area contributed by atoms with Crippen LogP contribution in [0.15, 0.2) is 53.4 Å². The lowest BCUT2D eigenvalue weighted by molar-refractivity contribution is -0.135. The normalized spacial score (nSPS) is 22.5. The molecule has 1 amide bonds. The SMILES string of the molecule is CCCCc1ccc(NS(=O)(=O)c2cccc(C(=O)OCC(=O)N3CC4(C)CC3CC(C)(C)C4)c2)cc1. The number of aryl methyl sites for hydroxylation is 1. The number of ether oxygens (including phenoxy) is 1. The van der Waals surface area contributed by atoms with Crippen molar-refractivity contribution in [1.82, 2.24) is 4.90 Å². The monoisotopic (exact) mass is 526 g/mol. The second-order valence-corrected chi connectivity index (χ2v) is 13.4. The highest BCUT2D eigenvalue weighted by molar-refractivity contribution is 7.92. The average molecular weight is 527 g/mol. The standard InChI is InChI=1S/C29H38N2O5S/c1-5-6-8-21-11-13-23(14-12-21)30-37(34,35)25-10-7-9-22(15-25)27(33)36-18-26(32)31-20-29(4)17-24(31)16-28(2,3)19-29/h7,9-15,24,30H,5-6,8,16-20H2,1-4H3. The van der Waals surface area contributed by atoms with Crippen molar-refractivity contribution >= 4 is 27.6 Å². The predicted molar refractivity (Wildman–Crippen MR) is 144 cm³/mol. The molecule has 2 bridgehead atoms. The van der Waals surface area contributed by atoms with E-state index >= 15 is 0 Å². The zero-order valence-corrected chi connectivity index (χ0v) is 23.1. The smallest absolute Gasteiger partial charge is 0.338 e.